The molecule has 3 rings (SSSR count). The van der Waals surface area contributed by atoms with Crippen molar-refractivity contribution in [2.45, 2.75) is 12.3 Å². The van der Waals surface area contributed by atoms with Crippen LogP contribution in [0.5, 0.6) is 23.0 Å². The highest BCUT2D eigenvalue weighted by Gasteiger charge is 2.29. The monoisotopic (exact) mass is 456 g/mol. The molecule has 33 heavy (non-hydrogen) atoms. The zero-order valence-electron chi connectivity index (χ0n) is 18.9. The first-order chi connectivity index (χ1) is 15.9. The first kappa shape index (κ1) is 23.6. The van der Waals surface area contributed by atoms with Gasteiger partial charge < -0.3 is 28.1 Å². The first-order valence-electron chi connectivity index (χ1n) is 9.90. The Bertz CT molecular complexity index is 1240. The highest BCUT2D eigenvalue weighted by Crippen LogP contribution is 2.39. The predicted molar refractivity (Wildman–Crippen MR) is 119 cm³/mol. The number of rotatable bonds is 9. The van der Waals surface area contributed by atoms with Gasteiger partial charge in [0, 0.05) is 23.4 Å². The molecule has 0 aliphatic heterocycles. The van der Waals surface area contributed by atoms with Crippen molar-refractivity contribution in [3.63, 3.8) is 0 Å². The van der Waals surface area contributed by atoms with Gasteiger partial charge in [-0.3, -0.25) is 9.59 Å². The van der Waals surface area contributed by atoms with Crippen molar-refractivity contribution in [2.24, 2.45) is 0 Å². The lowest BCUT2D eigenvalue weighted by atomic mass is 9.89. The average molecular weight is 456 g/mol. The van der Waals surface area contributed by atoms with Gasteiger partial charge in [0.05, 0.1) is 41.5 Å². The van der Waals surface area contributed by atoms with Gasteiger partial charge in [0.25, 0.3) is 0 Å². The van der Waals surface area contributed by atoms with Crippen LogP contribution >= 0.6 is 0 Å². The lowest BCUT2D eigenvalue weighted by molar-refractivity contribution is -0.142. The van der Waals surface area contributed by atoms with Gasteiger partial charge in [0.15, 0.2) is 28.6 Å². The van der Waals surface area contributed by atoms with Gasteiger partial charge in [-0.25, -0.2) is 4.79 Å². The number of carbonyl (C=O) groups is 2. The molecular formula is C24H24O9. The van der Waals surface area contributed by atoms with Crippen molar-refractivity contribution in [3.8, 4) is 23.0 Å². The van der Waals surface area contributed by atoms with Crippen molar-refractivity contribution in [3.05, 3.63) is 57.9 Å². The summed E-state index contributed by atoms with van der Waals surface area (Å²) < 4.78 is 31.4. The number of Topliss-reactive ketones (excluding diaryl/α,β-unsaturated/α-hetero) is 1. The van der Waals surface area contributed by atoms with E-state index in [-0.39, 0.29) is 29.1 Å². The SMILES string of the molecule is COC(=O)[C@H](CC(=O)c1ccc(OC)c(OC)c1)c1cc(=O)oc2c(OC)c(OC)ccc12. The van der Waals surface area contributed by atoms with Crippen LogP contribution in [0.2, 0.25) is 0 Å². The van der Waals surface area contributed by atoms with Crippen molar-refractivity contribution < 1.29 is 37.7 Å². The quantitative estimate of drug-likeness (QED) is 0.272. The Labute approximate surface area is 189 Å². The maximum Gasteiger partial charge on any atom is 0.336 e. The molecule has 0 saturated heterocycles. The van der Waals surface area contributed by atoms with E-state index in [1.807, 2.05) is 0 Å². The molecule has 1 atom stereocenters. The van der Waals surface area contributed by atoms with Gasteiger partial charge in [-0.2, -0.15) is 0 Å². The number of ketones is 1. The Morgan fingerprint density at radius 2 is 1.52 bits per heavy atom. The summed E-state index contributed by atoms with van der Waals surface area (Å²) in [7, 11) is 7.02. The van der Waals surface area contributed by atoms with Crippen molar-refractivity contribution in [1.29, 1.82) is 0 Å². The Morgan fingerprint density at radius 3 is 2.12 bits per heavy atom. The normalized spacial score (nSPS) is 11.5. The standard InChI is InChI=1S/C24H24O9/c1-28-18-8-6-13(10-20(18)30-3)17(25)11-16(24(27)32-5)15-12-21(26)33-22-14(15)7-9-19(29-2)23(22)31-4/h6-10,12,16H,11H2,1-5H3/t16-/m1/s1. The van der Waals surface area contributed by atoms with Gasteiger partial charge in [0.2, 0.25) is 5.75 Å². The summed E-state index contributed by atoms with van der Waals surface area (Å²) in [6.07, 6.45) is -0.255. The summed E-state index contributed by atoms with van der Waals surface area (Å²) in [5, 5.41) is 0.419. The first-order valence-corrected chi connectivity index (χ1v) is 9.90. The Kier molecular flexibility index (Phi) is 7.22. The van der Waals surface area contributed by atoms with Gasteiger partial charge in [0.1, 0.15) is 0 Å². The molecular weight excluding hydrogens is 432 g/mol. The predicted octanol–water partition coefficient (Wildman–Crippen LogP) is 3.36. The van der Waals surface area contributed by atoms with Crippen LogP contribution in [0.1, 0.15) is 28.3 Å². The van der Waals surface area contributed by atoms with E-state index >= 15 is 0 Å². The van der Waals surface area contributed by atoms with Crippen molar-refractivity contribution in [1.82, 2.24) is 0 Å². The lowest BCUT2D eigenvalue weighted by Crippen LogP contribution is -2.20. The van der Waals surface area contributed by atoms with E-state index in [4.69, 9.17) is 28.1 Å². The molecule has 1 heterocycles. The van der Waals surface area contributed by atoms with Crippen LogP contribution in [-0.2, 0) is 9.53 Å². The van der Waals surface area contributed by atoms with E-state index in [1.165, 1.54) is 47.7 Å². The Morgan fingerprint density at radius 1 is 0.848 bits per heavy atom. The lowest BCUT2D eigenvalue weighted by Gasteiger charge is -2.18. The molecule has 0 unspecified atom stereocenters. The molecule has 0 N–H and O–H groups in total. The van der Waals surface area contributed by atoms with Gasteiger partial charge >= 0.3 is 11.6 Å². The molecule has 2 aromatic carbocycles. The summed E-state index contributed by atoms with van der Waals surface area (Å²) in [5.41, 5.74) is -0.0145. The molecule has 0 bridgehead atoms. The highest BCUT2D eigenvalue weighted by atomic mass is 16.5. The minimum atomic E-state index is -1.07. The number of esters is 1. The van der Waals surface area contributed by atoms with E-state index in [9.17, 15) is 14.4 Å². The molecule has 174 valence electrons. The zero-order valence-corrected chi connectivity index (χ0v) is 18.9. The number of hydrogen-bond acceptors (Lipinski definition) is 9. The summed E-state index contributed by atoms with van der Waals surface area (Å²) in [4.78, 5) is 38.2. The minimum absolute atomic E-state index is 0.104. The van der Waals surface area contributed by atoms with E-state index in [0.29, 0.717) is 28.2 Å². The fourth-order valence-electron chi connectivity index (χ4n) is 3.63. The molecule has 0 aliphatic rings. The third kappa shape index (κ3) is 4.62. The third-order valence-corrected chi connectivity index (χ3v) is 5.24. The Balaban J connectivity index is 2.12. The maximum atomic E-state index is 13.1. The molecule has 0 radical (unpaired) electrons. The number of ether oxygens (including phenoxy) is 5. The average Bonchev–Trinajstić information content (AvgIpc) is 2.84. The van der Waals surface area contributed by atoms with E-state index in [2.05, 4.69) is 0 Å². The molecule has 0 spiro atoms. The van der Waals surface area contributed by atoms with Crippen LogP contribution in [0.15, 0.2) is 45.6 Å². The second kappa shape index (κ2) is 10.1. The molecule has 1 aromatic heterocycles. The molecule has 0 aliphatic carbocycles. The topological polar surface area (TPSA) is 111 Å². The minimum Gasteiger partial charge on any atom is -0.493 e. The molecule has 0 fully saturated rings. The fraction of sp³-hybridized carbons (Fsp3) is 0.292. The van der Waals surface area contributed by atoms with Crippen LogP contribution in [-0.4, -0.2) is 47.3 Å². The summed E-state index contributed by atoms with van der Waals surface area (Å²) in [6.45, 7) is 0. The van der Waals surface area contributed by atoms with Crippen LogP contribution in [0.3, 0.4) is 0 Å². The third-order valence-electron chi connectivity index (χ3n) is 5.24. The van der Waals surface area contributed by atoms with Gasteiger partial charge in [-0.05, 0) is 35.9 Å². The molecule has 0 saturated carbocycles. The molecule has 9 heteroatoms. The number of fused-ring (bicyclic) bond motifs is 1. The smallest absolute Gasteiger partial charge is 0.336 e. The maximum absolute atomic E-state index is 13.1. The number of hydrogen-bond donors (Lipinski definition) is 0. The van der Waals surface area contributed by atoms with Crippen molar-refractivity contribution in [2.75, 3.05) is 35.5 Å². The van der Waals surface area contributed by atoms with Crippen LogP contribution in [0, 0.1) is 0 Å². The van der Waals surface area contributed by atoms with Crippen LogP contribution in [0.4, 0.5) is 0 Å². The van der Waals surface area contributed by atoms with Gasteiger partial charge in [-0.1, -0.05) is 0 Å². The van der Waals surface area contributed by atoms with Crippen molar-refractivity contribution >= 4 is 22.7 Å². The second-order valence-electron chi connectivity index (χ2n) is 6.97. The second-order valence-corrected chi connectivity index (χ2v) is 6.97. The largest absolute Gasteiger partial charge is 0.493 e. The van der Waals surface area contributed by atoms with E-state index < -0.39 is 17.5 Å². The van der Waals surface area contributed by atoms with E-state index in [0.717, 1.165) is 0 Å². The van der Waals surface area contributed by atoms with E-state index in [1.54, 1.807) is 24.3 Å². The van der Waals surface area contributed by atoms with Crippen LogP contribution in [0.25, 0.3) is 11.0 Å². The zero-order chi connectivity index (χ0) is 24.1. The molecule has 0 amide bonds. The summed E-state index contributed by atoms with van der Waals surface area (Å²) in [6, 6.07) is 9.13. The summed E-state index contributed by atoms with van der Waals surface area (Å²) in [5.74, 6) is -0.712. The summed E-state index contributed by atoms with van der Waals surface area (Å²) >= 11 is 0. The number of methoxy groups -OCH3 is 5. The number of carbonyl (C=O) groups excluding carboxylic acids is 2. The fourth-order valence-corrected chi connectivity index (χ4v) is 3.63. The number of benzene rings is 2. The molecule has 3 aromatic rings. The highest BCUT2D eigenvalue weighted by molar-refractivity contribution is 6.01. The Hall–Kier alpha value is -4.01. The molecule has 9 nitrogen and oxygen atoms in total. The van der Waals surface area contributed by atoms with Gasteiger partial charge in [-0.15, -0.1) is 0 Å². The van der Waals surface area contributed by atoms with Crippen LogP contribution < -0.4 is 24.6 Å².